The van der Waals surface area contributed by atoms with Gasteiger partial charge >= 0.3 is 7.12 Å². The number of fused-ring (bicyclic) bond motifs is 1. The quantitative estimate of drug-likeness (QED) is 0.803. The normalized spacial score (nSPS) is 19.1. The average Bonchev–Trinajstić information content (AvgIpc) is 2.74. The molecule has 0 spiro atoms. The molecule has 1 aromatic heterocycles. The van der Waals surface area contributed by atoms with E-state index >= 15 is 0 Å². The van der Waals surface area contributed by atoms with Crippen LogP contribution in [0, 0.1) is 0 Å². The van der Waals surface area contributed by atoms with Gasteiger partial charge in [0.15, 0.2) is 5.43 Å². The van der Waals surface area contributed by atoms with Gasteiger partial charge in [-0.15, -0.1) is 0 Å². The van der Waals surface area contributed by atoms with Crippen LogP contribution in [0.4, 0.5) is 0 Å². The van der Waals surface area contributed by atoms with Crippen molar-refractivity contribution in [2.24, 2.45) is 0 Å². The Morgan fingerprint density at radius 3 is 2.20 bits per heavy atom. The molecule has 1 aliphatic rings. The Kier molecular flexibility index (Phi) is 4.37. The van der Waals surface area contributed by atoms with Crippen LogP contribution in [0.2, 0.25) is 0 Å². The summed E-state index contributed by atoms with van der Waals surface area (Å²) in [6.07, 6.45) is 0.823. The number of benzene rings is 1. The Morgan fingerprint density at radius 1 is 1.08 bits per heavy atom. The molecule has 2 heterocycles. The van der Waals surface area contributed by atoms with Crippen LogP contribution in [0.5, 0.6) is 0 Å². The summed E-state index contributed by atoms with van der Waals surface area (Å²) in [4.78, 5) is 12.5. The summed E-state index contributed by atoms with van der Waals surface area (Å²) in [7, 11) is -0.421. The molecule has 25 heavy (non-hydrogen) atoms. The Morgan fingerprint density at radius 2 is 1.68 bits per heavy atom. The van der Waals surface area contributed by atoms with Crippen LogP contribution in [0.15, 0.2) is 29.1 Å². The average molecular weight is 341 g/mol. The minimum atomic E-state index is -0.421. The van der Waals surface area contributed by atoms with Gasteiger partial charge < -0.3 is 13.9 Å². The lowest BCUT2D eigenvalue weighted by atomic mass is 9.78. The highest BCUT2D eigenvalue weighted by Crippen LogP contribution is 2.36. The van der Waals surface area contributed by atoms with Crippen molar-refractivity contribution in [3.05, 3.63) is 40.2 Å². The lowest BCUT2D eigenvalue weighted by Crippen LogP contribution is -2.41. The van der Waals surface area contributed by atoms with E-state index in [0.717, 1.165) is 28.5 Å². The number of hydrogen-bond acceptors (Lipinski definition) is 3. The first-order chi connectivity index (χ1) is 11.6. The lowest BCUT2D eigenvalue weighted by molar-refractivity contribution is 0.00578. The molecule has 2 aromatic rings. The van der Waals surface area contributed by atoms with Gasteiger partial charge in [0.25, 0.3) is 0 Å². The molecule has 134 valence electrons. The molecule has 0 atom stereocenters. The van der Waals surface area contributed by atoms with Crippen molar-refractivity contribution in [1.82, 2.24) is 4.57 Å². The number of nitrogens with zero attached hydrogens (tertiary/aromatic N) is 1. The first-order valence-electron chi connectivity index (χ1n) is 9.11. The van der Waals surface area contributed by atoms with Crippen LogP contribution >= 0.6 is 0 Å². The van der Waals surface area contributed by atoms with Gasteiger partial charge in [0.05, 0.1) is 16.7 Å². The van der Waals surface area contributed by atoms with E-state index in [0.29, 0.717) is 0 Å². The van der Waals surface area contributed by atoms with Crippen molar-refractivity contribution in [2.75, 3.05) is 0 Å². The van der Waals surface area contributed by atoms with Crippen molar-refractivity contribution >= 4 is 23.5 Å². The molecule has 1 saturated heterocycles. The smallest absolute Gasteiger partial charge is 0.399 e. The molecule has 0 bridgehead atoms. The van der Waals surface area contributed by atoms with Crippen molar-refractivity contribution < 1.29 is 9.31 Å². The van der Waals surface area contributed by atoms with Gasteiger partial charge in [0, 0.05) is 23.2 Å². The Labute approximate surface area is 150 Å². The van der Waals surface area contributed by atoms with E-state index in [2.05, 4.69) is 31.4 Å². The standard InChI is InChI=1S/C20H28BNO3/c1-8-15-12-18(23)16-10-9-14(11-17(16)22(15)13(2)3)21-24-19(4,5)20(6,7)25-21/h9-13H,8H2,1-7H3. The van der Waals surface area contributed by atoms with E-state index in [1.807, 2.05) is 39.8 Å². The molecular formula is C20H28BNO3. The highest BCUT2D eigenvalue weighted by molar-refractivity contribution is 6.62. The molecule has 4 nitrogen and oxygen atoms in total. The van der Waals surface area contributed by atoms with Gasteiger partial charge in [-0.25, -0.2) is 0 Å². The van der Waals surface area contributed by atoms with Crippen molar-refractivity contribution in [3.8, 4) is 0 Å². The largest absolute Gasteiger partial charge is 0.494 e. The second-order valence-electron chi connectivity index (χ2n) is 8.18. The fraction of sp³-hybridized carbons (Fsp3) is 0.550. The number of hydrogen-bond donors (Lipinski definition) is 0. The zero-order valence-corrected chi connectivity index (χ0v) is 16.3. The van der Waals surface area contributed by atoms with E-state index in [9.17, 15) is 4.79 Å². The maximum atomic E-state index is 12.5. The zero-order valence-electron chi connectivity index (χ0n) is 16.3. The third-order valence-electron chi connectivity index (χ3n) is 5.56. The minimum Gasteiger partial charge on any atom is -0.399 e. The van der Waals surface area contributed by atoms with Gasteiger partial charge in [-0.05, 0) is 65.6 Å². The number of aromatic nitrogens is 1. The van der Waals surface area contributed by atoms with Crippen LogP contribution in [0.3, 0.4) is 0 Å². The summed E-state index contributed by atoms with van der Waals surface area (Å²) >= 11 is 0. The van der Waals surface area contributed by atoms with Gasteiger partial charge in [-0.3, -0.25) is 4.79 Å². The van der Waals surface area contributed by atoms with Gasteiger partial charge in [-0.1, -0.05) is 13.0 Å². The molecule has 0 saturated carbocycles. The van der Waals surface area contributed by atoms with Crippen molar-refractivity contribution in [1.29, 1.82) is 0 Å². The highest BCUT2D eigenvalue weighted by Gasteiger charge is 2.51. The first-order valence-corrected chi connectivity index (χ1v) is 9.11. The second-order valence-corrected chi connectivity index (χ2v) is 8.18. The Hall–Kier alpha value is -1.59. The molecule has 0 radical (unpaired) electrons. The number of pyridine rings is 1. The monoisotopic (exact) mass is 341 g/mol. The second kappa shape index (κ2) is 5.99. The summed E-state index contributed by atoms with van der Waals surface area (Å²) in [5.41, 5.74) is 2.27. The lowest BCUT2D eigenvalue weighted by Gasteiger charge is -2.32. The van der Waals surface area contributed by atoms with E-state index in [4.69, 9.17) is 9.31 Å². The van der Waals surface area contributed by atoms with E-state index < -0.39 is 7.12 Å². The zero-order chi connectivity index (χ0) is 18.6. The van der Waals surface area contributed by atoms with Crippen molar-refractivity contribution in [3.63, 3.8) is 0 Å². The van der Waals surface area contributed by atoms with Crippen LogP contribution in [-0.2, 0) is 15.7 Å². The summed E-state index contributed by atoms with van der Waals surface area (Å²) < 4.78 is 14.6. The predicted octanol–water partition coefficient (Wildman–Crippen LogP) is 3.44. The Balaban J connectivity index is 2.17. The predicted molar refractivity (Wildman–Crippen MR) is 104 cm³/mol. The summed E-state index contributed by atoms with van der Waals surface area (Å²) in [5.74, 6) is 0. The third kappa shape index (κ3) is 2.94. The summed E-state index contributed by atoms with van der Waals surface area (Å²) in [5, 5.41) is 0.742. The van der Waals surface area contributed by atoms with Crippen LogP contribution in [0.25, 0.3) is 10.9 Å². The van der Waals surface area contributed by atoms with E-state index in [1.165, 1.54) is 0 Å². The van der Waals surface area contributed by atoms with Crippen LogP contribution in [0.1, 0.15) is 60.2 Å². The summed E-state index contributed by atoms with van der Waals surface area (Å²) in [6, 6.07) is 7.93. The molecule has 0 unspecified atom stereocenters. The maximum absolute atomic E-state index is 12.5. The van der Waals surface area contributed by atoms with Gasteiger partial charge in [0.1, 0.15) is 0 Å². The molecule has 1 aliphatic heterocycles. The molecular weight excluding hydrogens is 313 g/mol. The molecule has 1 aromatic carbocycles. The van der Waals surface area contributed by atoms with Crippen LogP contribution in [-0.4, -0.2) is 22.9 Å². The molecule has 5 heteroatoms. The van der Waals surface area contributed by atoms with Gasteiger partial charge in [-0.2, -0.15) is 0 Å². The van der Waals surface area contributed by atoms with Crippen LogP contribution < -0.4 is 10.9 Å². The number of rotatable bonds is 3. The minimum absolute atomic E-state index is 0.0734. The SMILES string of the molecule is CCc1cc(=O)c2ccc(B3OC(C)(C)C(C)(C)O3)cc2n1C(C)C. The van der Waals surface area contributed by atoms with E-state index in [-0.39, 0.29) is 22.7 Å². The molecule has 0 amide bonds. The van der Waals surface area contributed by atoms with Gasteiger partial charge in [0.2, 0.25) is 0 Å². The van der Waals surface area contributed by atoms with Crippen molar-refractivity contribution in [2.45, 2.75) is 72.1 Å². The molecule has 0 aliphatic carbocycles. The number of aryl methyl sites for hydroxylation is 1. The molecule has 3 rings (SSSR count). The fourth-order valence-corrected chi connectivity index (χ4v) is 3.42. The first kappa shape index (κ1) is 18.2. The molecule has 0 N–H and O–H groups in total. The fourth-order valence-electron chi connectivity index (χ4n) is 3.42. The highest BCUT2D eigenvalue weighted by atomic mass is 16.7. The Bertz CT molecular complexity index is 851. The summed E-state index contributed by atoms with van der Waals surface area (Å²) in [6.45, 7) is 14.6. The third-order valence-corrected chi connectivity index (χ3v) is 5.56. The topological polar surface area (TPSA) is 40.5 Å². The molecule has 1 fully saturated rings. The maximum Gasteiger partial charge on any atom is 0.494 e. The van der Waals surface area contributed by atoms with E-state index in [1.54, 1.807) is 6.07 Å².